The Morgan fingerprint density at radius 2 is 2.55 bits per heavy atom. The van der Waals surface area contributed by atoms with Crippen molar-refractivity contribution in [2.75, 3.05) is 19.8 Å². The third-order valence-electron chi connectivity index (χ3n) is 1.60. The number of tetrazole rings is 1. The lowest BCUT2D eigenvalue weighted by Crippen LogP contribution is -2.35. The van der Waals surface area contributed by atoms with Gasteiger partial charge in [0.15, 0.2) is 5.82 Å². The van der Waals surface area contributed by atoms with Crippen molar-refractivity contribution in [2.24, 2.45) is 0 Å². The molecule has 2 N–H and O–H groups in total. The number of aromatic nitrogens is 4. The molecular formula is C5H9N5O. The first-order valence-electron chi connectivity index (χ1n) is 3.51. The Labute approximate surface area is 63.3 Å². The molecule has 2 heterocycles. The molecule has 11 heavy (non-hydrogen) atoms. The molecule has 6 heteroatoms. The maximum atomic E-state index is 5.22. The second-order valence-electron chi connectivity index (χ2n) is 2.35. The van der Waals surface area contributed by atoms with Gasteiger partial charge in [0.05, 0.1) is 19.3 Å². The van der Waals surface area contributed by atoms with Gasteiger partial charge in [0, 0.05) is 6.54 Å². The largest absolute Gasteiger partial charge is 0.378 e. The molecule has 1 fully saturated rings. The van der Waals surface area contributed by atoms with Gasteiger partial charge in [-0.05, 0) is 0 Å². The predicted molar refractivity (Wildman–Crippen MR) is 35.7 cm³/mol. The fourth-order valence-corrected chi connectivity index (χ4v) is 1.05. The molecule has 1 aromatic rings. The molecule has 6 nitrogen and oxygen atoms in total. The van der Waals surface area contributed by atoms with E-state index in [-0.39, 0.29) is 6.04 Å². The van der Waals surface area contributed by atoms with Crippen molar-refractivity contribution < 1.29 is 4.74 Å². The molecule has 0 radical (unpaired) electrons. The van der Waals surface area contributed by atoms with Gasteiger partial charge in [-0.15, -0.1) is 10.2 Å². The smallest absolute Gasteiger partial charge is 0.193 e. The van der Waals surface area contributed by atoms with Gasteiger partial charge in [-0.1, -0.05) is 5.21 Å². The van der Waals surface area contributed by atoms with Crippen molar-refractivity contribution in [2.45, 2.75) is 6.04 Å². The fraction of sp³-hybridized carbons (Fsp3) is 0.800. The van der Waals surface area contributed by atoms with Crippen LogP contribution in [0.15, 0.2) is 0 Å². The van der Waals surface area contributed by atoms with Gasteiger partial charge in [-0.2, -0.15) is 5.21 Å². The minimum atomic E-state index is 0.0995. The van der Waals surface area contributed by atoms with E-state index in [9.17, 15) is 0 Å². The Hall–Kier alpha value is -1.01. The summed E-state index contributed by atoms with van der Waals surface area (Å²) in [5.74, 6) is 0.671. The average molecular weight is 155 g/mol. The standard InChI is InChI=1S/C5H9N5O/c1-2-11-3-4(6-1)5-7-9-10-8-5/h4,6H,1-3H2,(H,7,8,9,10)/t4-/m1/s1. The summed E-state index contributed by atoms with van der Waals surface area (Å²) < 4.78 is 5.22. The molecule has 0 bridgehead atoms. The van der Waals surface area contributed by atoms with E-state index in [2.05, 4.69) is 25.9 Å². The van der Waals surface area contributed by atoms with E-state index in [1.165, 1.54) is 0 Å². The van der Waals surface area contributed by atoms with Crippen molar-refractivity contribution in [1.29, 1.82) is 0 Å². The van der Waals surface area contributed by atoms with Crippen molar-refractivity contribution in [3.05, 3.63) is 5.82 Å². The summed E-state index contributed by atoms with van der Waals surface area (Å²) in [6.45, 7) is 2.23. The molecule has 0 spiro atoms. The van der Waals surface area contributed by atoms with Crippen molar-refractivity contribution in [3.8, 4) is 0 Å². The van der Waals surface area contributed by atoms with Gasteiger partial charge in [0.25, 0.3) is 0 Å². The molecular weight excluding hydrogens is 146 g/mol. The van der Waals surface area contributed by atoms with Gasteiger partial charge >= 0.3 is 0 Å². The molecule has 0 aromatic carbocycles. The van der Waals surface area contributed by atoms with Crippen molar-refractivity contribution in [1.82, 2.24) is 25.9 Å². The molecule has 0 unspecified atom stereocenters. The van der Waals surface area contributed by atoms with E-state index in [0.29, 0.717) is 12.4 Å². The van der Waals surface area contributed by atoms with Gasteiger partial charge in [0.1, 0.15) is 0 Å². The van der Waals surface area contributed by atoms with E-state index < -0.39 is 0 Å². The molecule has 1 aliphatic rings. The van der Waals surface area contributed by atoms with Gasteiger partial charge in [-0.25, -0.2) is 0 Å². The number of hydrogen-bond donors (Lipinski definition) is 2. The maximum Gasteiger partial charge on any atom is 0.193 e. The lowest BCUT2D eigenvalue weighted by atomic mass is 10.3. The second kappa shape index (κ2) is 2.93. The summed E-state index contributed by atoms with van der Waals surface area (Å²) in [7, 11) is 0. The maximum absolute atomic E-state index is 5.22. The van der Waals surface area contributed by atoms with Gasteiger partial charge in [0.2, 0.25) is 0 Å². The quantitative estimate of drug-likeness (QED) is 0.536. The summed E-state index contributed by atoms with van der Waals surface area (Å²) >= 11 is 0. The Morgan fingerprint density at radius 1 is 1.55 bits per heavy atom. The highest BCUT2D eigenvalue weighted by Gasteiger charge is 2.18. The van der Waals surface area contributed by atoms with Crippen LogP contribution in [0, 0.1) is 0 Å². The van der Waals surface area contributed by atoms with Crippen LogP contribution in [0.25, 0.3) is 0 Å². The number of rotatable bonds is 1. The summed E-state index contributed by atoms with van der Waals surface area (Å²) in [6, 6.07) is 0.0995. The Kier molecular flexibility index (Phi) is 1.78. The number of nitrogens with one attached hydrogen (secondary N) is 2. The highest BCUT2D eigenvalue weighted by atomic mass is 16.5. The van der Waals surface area contributed by atoms with Crippen LogP contribution in [0.2, 0.25) is 0 Å². The van der Waals surface area contributed by atoms with Gasteiger partial charge in [-0.3, -0.25) is 0 Å². The molecule has 0 aliphatic carbocycles. The zero-order chi connectivity index (χ0) is 7.52. The molecule has 1 atom stereocenters. The van der Waals surface area contributed by atoms with Crippen LogP contribution < -0.4 is 5.32 Å². The minimum absolute atomic E-state index is 0.0995. The van der Waals surface area contributed by atoms with Crippen LogP contribution in [-0.2, 0) is 4.74 Å². The summed E-state index contributed by atoms with van der Waals surface area (Å²) in [4.78, 5) is 0. The van der Waals surface area contributed by atoms with Crippen molar-refractivity contribution in [3.63, 3.8) is 0 Å². The minimum Gasteiger partial charge on any atom is -0.378 e. The van der Waals surface area contributed by atoms with E-state index in [4.69, 9.17) is 4.74 Å². The predicted octanol–water partition coefficient (Wildman–Crippen LogP) is -1.14. The van der Waals surface area contributed by atoms with E-state index in [1.807, 2.05) is 0 Å². The summed E-state index contributed by atoms with van der Waals surface area (Å²) in [6.07, 6.45) is 0. The molecule has 1 aromatic heterocycles. The number of nitrogens with zero attached hydrogens (tertiary/aromatic N) is 3. The zero-order valence-electron chi connectivity index (χ0n) is 5.95. The van der Waals surface area contributed by atoms with Gasteiger partial charge < -0.3 is 10.1 Å². The lowest BCUT2D eigenvalue weighted by Gasteiger charge is -2.20. The van der Waals surface area contributed by atoms with Crippen LogP contribution in [0.1, 0.15) is 11.9 Å². The number of hydrogen-bond acceptors (Lipinski definition) is 5. The van der Waals surface area contributed by atoms with Crippen LogP contribution in [-0.4, -0.2) is 40.4 Å². The number of ether oxygens (including phenoxy) is 1. The SMILES string of the molecule is C1COC[C@H](c2nn[nH]n2)N1. The third kappa shape index (κ3) is 1.36. The molecule has 1 saturated heterocycles. The second-order valence-corrected chi connectivity index (χ2v) is 2.35. The molecule has 0 amide bonds. The topological polar surface area (TPSA) is 75.7 Å². The molecule has 2 rings (SSSR count). The zero-order valence-corrected chi connectivity index (χ0v) is 5.95. The highest BCUT2D eigenvalue weighted by Crippen LogP contribution is 2.07. The monoisotopic (exact) mass is 155 g/mol. The fourth-order valence-electron chi connectivity index (χ4n) is 1.05. The highest BCUT2D eigenvalue weighted by molar-refractivity contribution is 4.89. The van der Waals surface area contributed by atoms with Crippen LogP contribution in [0.5, 0.6) is 0 Å². The Bertz CT molecular complexity index is 205. The first-order valence-corrected chi connectivity index (χ1v) is 3.51. The number of H-pyrrole nitrogens is 1. The lowest BCUT2D eigenvalue weighted by molar-refractivity contribution is 0.0742. The average Bonchev–Trinajstić information content (AvgIpc) is 2.58. The molecule has 1 aliphatic heterocycles. The van der Waals surface area contributed by atoms with Crippen LogP contribution in [0.4, 0.5) is 0 Å². The van der Waals surface area contributed by atoms with E-state index >= 15 is 0 Å². The normalized spacial score (nSPS) is 25.3. The molecule has 0 saturated carbocycles. The van der Waals surface area contributed by atoms with Crippen molar-refractivity contribution >= 4 is 0 Å². The number of morpholine rings is 1. The third-order valence-corrected chi connectivity index (χ3v) is 1.60. The van der Waals surface area contributed by atoms with Crippen LogP contribution in [0.3, 0.4) is 0 Å². The van der Waals surface area contributed by atoms with Crippen LogP contribution >= 0.6 is 0 Å². The Morgan fingerprint density at radius 3 is 3.18 bits per heavy atom. The van der Waals surface area contributed by atoms with E-state index in [0.717, 1.165) is 13.2 Å². The first-order chi connectivity index (χ1) is 5.47. The van der Waals surface area contributed by atoms with E-state index in [1.54, 1.807) is 0 Å². The summed E-state index contributed by atoms with van der Waals surface area (Å²) in [5.41, 5.74) is 0. The Balaban J connectivity index is 2.04. The number of aromatic amines is 1. The molecule has 60 valence electrons. The summed E-state index contributed by atoms with van der Waals surface area (Å²) in [5, 5.41) is 16.8. The first kappa shape index (κ1) is 6.68.